The summed E-state index contributed by atoms with van der Waals surface area (Å²) in [4.78, 5) is 40.2. The summed E-state index contributed by atoms with van der Waals surface area (Å²) in [5.74, 6) is -1.74. The highest BCUT2D eigenvalue weighted by atomic mass is 32.2. The van der Waals surface area contributed by atoms with Gasteiger partial charge in [0, 0.05) is 37.4 Å². The maximum Gasteiger partial charge on any atom is 0.416 e. The molecule has 2 aromatic rings. The number of hydrogen-bond donors (Lipinski definition) is 1. The highest BCUT2D eigenvalue weighted by molar-refractivity contribution is 8.26. The molecule has 0 unspecified atom stereocenters. The smallest absolute Gasteiger partial charge is 0.416 e. The molecule has 2 fully saturated rings. The molecule has 15 heteroatoms. The van der Waals surface area contributed by atoms with E-state index in [2.05, 4.69) is 0 Å². The van der Waals surface area contributed by atoms with Gasteiger partial charge in [-0.1, -0.05) is 24.0 Å². The first-order valence-electron chi connectivity index (χ1n) is 12.2. The minimum Gasteiger partial charge on any atom is -0.481 e. The largest absolute Gasteiger partial charge is 0.481 e. The predicted molar refractivity (Wildman–Crippen MR) is 146 cm³/mol. The Hall–Kier alpha value is -2.91. The van der Waals surface area contributed by atoms with Gasteiger partial charge in [0.1, 0.15) is 4.32 Å². The molecular formula is C26H22F6N2O4S3. The third-order valence-electron chi connectivity index (χ3n) is 6.57. The van der Waals surface area contributed by atoms with Crippen molar-refractivity contribution in [2.45, 2.75) is 38.0 Å². The van der Waals surface area contributed by atoms with Crippen molar-refractivity contribution < 1.29 is 45.8 Å². The maximum atomic E-state index is 13.2. The van der Waals surface area contributed by atoms with E-state index in [0.717, 1.165) is 29.5 Å². The molecular weight excluding hydrogens is 614 g/mol. The van der Waals surface area contributed by atoms with Gasteiger partial charge >= 0.3 is 18.3 Å². The summed E-state index contributed by atoms with van der Waals surface area (Å²) in [6.45, 7) is 0.853. The van der Waals surface area contributed by atoms with Crippen molar-refractivity contribution in [3.63, 3.8) is 0 Å². The number of carbonyl (C=O) groups excluding carboxylic acids is 2. The van der Waals surface area contributed by atoms with E-state index in [1.165, 1.54) is 22.4 Å². The van der Waals surface area contributed by atoms with Gasteiger partial charge in [0.05, 0.1) is 16.0 Å². The topological polar surface area (TPSA) is 77.9 Å². The summed E-state index contributed by atoms with van der Waals surface area (Å²) in [5.41, 5.74) is -2.99. The van der Waals surface area contributed by atoms with Crippen LogP contribution in [0.25, 0.3) is 17.2 Å². The summed E-state index contributed by atoms with van der Waals surface area (Å²) in [7, 11) is 0. The number of nitrogens with zero attached hydrogens (tertiary/aromatic N) is 2. The first-order valence-corrected chi connectivity index (χ1v) is 14.4. The number of likely N-dealkylation sites (tertiary alicyclic amines) is 1. The molecule has 220 valence electrons. The summed E-state index contributed by atoms with van der Waals surface area (Å²) in [5, 5.41) is 10.4. The highest BCUT2D eigenvalue weighted by Gasteiger charge is 2.37. The number of carbonyl (C=O) groups is 3. The first kappa shape index (κ1) is 31.0. The minimum absolute atomic E-state index is 0.0141. The van der Waals surface area contributed by atoms with Gasteiger partial charge < -0.3 is 10.0 Å². The number of halogens is 6. The van der Waals surface area contributed by atoms with E-state index < -0.39 is 35.4 Å². The summed E-state index contributed by atoms with van der Waals surface area (Å²) in [6, 6.07) is 2.74. The molecule has 0 aliphatic carbocycles. The molecule has 1 aromatic heterocycles. The van der Waals surface area contributed by atoms with Crippen LogP contribution in [0.1, 0.15) is 41.7 Å². The lowest BCUT2D eigenvalue weighted by molar-refractivity contribution is -0.143. The second kappa shape index (κ2) is 12.1. The van der Waals surface area contributed by atoms with E-state index >= 15 is 0 Å². The molecule has 1 aromatic carbocycles. The normalized spacial score (nSPS) is 19.4. The average Bonchev–Trinajstić information content (AvgIpc) is 3.45. The van der Waals surface area contributed by atoms with Gasteiger partial charge in [-0.15, -0.1) is 11.3 Å². The number of hydrogen-bond acceptors (Lipinski definition) is 6. The van der Waals surface area contributed by atoms with Gasteiger partial charge in [0.15, 0.2) is 0 Å². The first-order chi connectivity index (χ1) is 19.1. The molecule has 0 saturated carbocycles. The van der Waals surface area contributed by atoms with E-state index in [1.54, 1.807) is 4.90 Å². The Kier molecular flexibility index (Phi) is 9.19. The lowest BCUT2D eigenvalue weighted by atomic mass is 9.94. The lowest BCUT2D eigenvalue weighted by Crippen LogP contribution is -2.42. The van der Waals surface area contributed by atoms with Crippen molar-refractivity contribution >= 4 is 63.5 Å². The average molecular weight is 637 g/mol. The van der Waals surface area contributed by atoms with E-state index in [-0.39, 0.29) is 57.6 Å². The number of alkyl halides is 6. The van der Waals surface area contributed by atoms with Crippen LogP contribution in [0.2, 0.25) is 0 Å². The molecule has 0 spiro atoms. The van der Waals surface area contributed by atoms with Crippen LogP contribution in [0.4, 0.5) is 26.3 Å². The number of thiophene rings is 1. The van der Waals surface area contributed by atoms with Gasteiger partial charge in [0.2, 0.25) is 5.91 Å². The highest BCUT2D eigenvalue weighted by Crippen LogP contribution is 2.40. The van der Waals surface area contributed by atoms with Gasteiger partial charge in [-0.3, -0.25) is 19.3 Å². The Bertz CT molecular complexity index is 1370. The van der Waals surface area contributed by atoms with Crippen molar-refractivity contribution in [3.8, 4) is 11.1 Å². The summed E-state index contributed by atoms with van der Waals surface area (Å²) < 4.78 is 79.7. The Morgan fingerprint density at radius 1 is 1.05 bits per heavy atom. The van der Waals surface area contributed by atoms with Gasteiger partial charge in [-0.2, -0.15) is 26.3 Å². The molecule has 6 nitrogen and oxygen atoms in total. The molecule has 1 atom stereocenters. The van der Waals surface area contributed by atoms with Crippen LogP contribution in [0, 0.1) is 5.92 Å². The van der Waals surface area contributed by atoms with Crippen LogP contribution in [-0.2, 0) is 26.7 Å². The zero-order valence-corrected chi connectivity index (χ0v) is 23.5. The second-order valence-electron chi connectivity index (χ2n) is 9.56. The summed E-state index contributed by atoms with van der Waals surface area (Å²) in [6.07, 6.45) is -7.12. The Balaban J connectivity index is 1.45. The molecule has 3 heterocycles. The number of thioether (sulfide) groups is 1. The zero-order chi connectivity index (χ0) is 30.1. The van der Waals surface area contributed by atoms with Crippen LogP contribution in [0.3, 0.4) is 0 Å². The van der Waals surface area contributed by atoms with Gasteiger partial charge in [-0.25, -0.2) is 0 Å². The third-order valence-corrected chi connectivity index (χ3v) is 8.83. The van der Waals surface area contributed by atoms with E-state index in [0.29, 0.717) is 36.5 Å². The van der Waals surface area contributed by atoms with E-state index in [9.17, 15) is 40.7 Å². The van der Waals surface area contributed by atoms with Crippen molar-refractivity contribution in [3.05, 3.63) is 50.6 Å². The van der Waals surface area contributed by atoms with Crippen LogP contribution in [-0.4, -0.2) is 56.6 Å². The monoisotopic (exact) mass is 636 g/mol. The van der Waals surface area contributed by atoms with Crippen molar-refractivity contribution in [1.82, 2.24) is 9.80 Å². The Labute approximate surface area is 244 Å². The molecule has 1 N–H and O–H groups in total. The number of piperidine rings is 1. The van der Waals surface area contributed by atoms with E-state index in [4.69, 9.17) is 17.3 Å². The molecule has 2 saturated heterocycles. The number of carboxylic acid groups (broad SMARTS) is 1. The van der Waals surface area contributed by atoms with Crippen molar-refractivity contribution in [2.24, 2.45) is 5.92 Å². The molecule has 0 bridgehead atoms. The van der Waals surface area contributed by atoms with Crippen molar-refractivity contribution in [1.29, 1.82) is 0 Å². The van der Waals surface area contributed by atoms with Crippen LogP contribution >= 0.6 is 35.3 Å². The summed E-state index contributed by atoms with van der Waals surface area (Å²) >= 11 is 7.30. The van der Waals surface area contributed by atoms with Gasteiger partial charge in [-0.05, 0) is 65.6 Å². The Morgan fingerprint density at radius 2 is 1.71 bits per heavy atom. The fourth-order valence-corrected chi connectivity index (χ4v) is 6.82. The lowest BCUT2D eigenvalue weighted by Gasteiger charge is -2.32. The zero-order valence-electron chi connectivity index (χ0n) is 21.1. The molecule has 4 rings (SSSR count). The molecule has 2 aliphatic heterocycles. The van der Waals surface area contributed by atoms with Crippen LogP contribution in [0.15, 0.2) is 34.6 Å². The predicted octanol–water partition coefficient (Wildman–Crippen LogP) is 6.76. The molecule has 2 amide bonds. The van der Waals surface area contributed by atoms with Crippen LogP contribution < -0.4 is 0 Å². The second-order valence-corrected chi connectivity index (χ2v) is 12.2. The molecule has 2 aliphatic rings. The number of thiocarbonyl (C=S) groups is 1. The maximum absolute atomic E-state index is 13.2. The quantitative estimate of drug-likeness (QED) is 0.206. The van der Waals surface area contributed by atoms with E-state index in [1.807, 2.05) is 0 Å². The SMILES string of the molecule is O=C(O)C[C@@H]1CCCN(C(=O)CCN2C(=O)/C(=C/c3cc(-c4cc(C(F)(F)F)cc(C(F)(F)F)c4)cs3)SC2=S)C1. The fraction of sp³-hybridized carbons (Fsp3) is 0.385. The standard InChI is InChI=1S/C26H22F6N2O4S3/c27-25(28,29)17-7-15(8-18(10-17)26(30,31)32)16-9-19(40-13-16)11-20-23(38)34(24(39)41-20)5-3-21(35)33-4-1-2-14(12-33)6-22(36)37/h7-11,13-14H,1-6,12H2,(H,36,37)/b20-11-/t14-/m0/s1. The molecule has 0 radical (unpaired) electrons. The van der Waals surface area contributed by atoms with Crippen molar-refractivity contribution in [2.75, 3.05) is 19.6 Å². The van der Waals surface area contributed by atoms with Crippen LogP contribution in [0.5, 0.6) is 0 Å². The number of amides is 2. The Morgan fingerprint density at radius 3 is 2.32 bits per heavy atom. The van der Waals surface area contributed by atoms with Gasteiger partial charge in [0.25, 0.3) is 5.91 Å². The minimum atomic E-state index is -4.97. The third kappa shape index (κ3) is 7.68. The number of carboxylic acids is 1. The number of aliphatic carboxylic acids is 1. The molecule has 41 heavy (non-hydrogen) atoms. The number of rotatable bonds is 7. The fourth-order valence-electron chi connectivity index (χ4n) is 4.59. The number of benzene rings is 1.